The van der Waals surface area contributed by atoms with Crippen molar-refractivity contribution in [2.75, 3.05) is 36.5 Å². The average Bonchev–Trinajstić information content (AvgIpc) is 3.77. The second kappa shape index (κ2) is 12.4. The smallest absolute Gasteiger partial charge is 0.290 e. The van der Waals surface area contributed by atoms with Gasteiger partial charge in [-0.05, 0) is 36.1 Å². The first kappa shape index (κ1) is 27.5. The lowest BCUT2D eigenvalue weighted by Gasteiger charge is -2.27. The van der Waals surface area contributed by atoms with E-state index >= 15 is 0 Å². The number of fused-ring (bicyclic) bond motifs is 1. The summed E-state index contributed by atoms with van der Waals surface area (Å²) in [4.78, 5) is 24.4. The molecule has 1 saturated heterocycles. The number of hydrogen-bond acceptors (Lipinski definition) is 8. The van der Waals surface area contributed by atoms with Crippen molar-refractivity contribution in [2.24, 2.45) is 10.7 Å². The fraction of sp³-hybridized carbons (Fsp3) is 0.333. The molecule has 0 bridgehead atoms. The van der Waals surface area contributed by atoms with Gasteiger partial charge in [-0.3, -0.25) is 10.2 Å². The van der Waals surface area contributed by atoms with Gasteiger partial charge >= 0.3 is 0 Å². The van der Waals surface area contributed by atoms with Crippen LogP contribution in [0.4, 0.5) is 10.7 Å². The van der Waals surface area contributed by atoms with E-state index < -0.39 is 6.04 Å². The molecule has 0 spiro atoms. The molecule has 2 aliphatic heterocycles. The van der Waals surface area contributed by atoms with E-state index in [0.29, 0.717) is 30.5 Å². The van der Waals surface area contributed by atoms with Gasteiger partial charge in [0, 0.05) is 30.3 Å². The number of benzene rings is 2. The zero-order valence-corrected chi connectivity index (χ0v) is 23.5. The number of morpholine rings is 1. The minimum Gasteiger partial charge on any atom is -0.405 e. The van der Waals surface area contributed by atoms with Gasteiger partial charge in [0.1, 0.15) is 5.00 Å². The Labute approximate surface area is 238 Å². The minimum atomic E-state index is -0.943. The summed E-state index contributed by atoms with van der Waals surface area (Å²) in [7, 11) is 0. The molecule has 208 valence electrons. The van der Waals surface area contributed by atoms with Crippen molar-refractivity contribution in [1.82, 2.24) is 4.98 Å². The third kappa shape index (κ3) is 6.08. The van der Waals surface area contributed by atoms with Crippen LogP contribution in [0.5, 0.6) is 0 Å². The summed E-state index contributed by atoms with van der Waals surface area (Å²) < 4.78 is 11.2. The van der Waals surface area contributed by atoms with Crippen LogP contribution in [-0.2, 0) is 14.3 Å². The maximum Gasteiger partial charge on any atom is 0.290 e. The van der Waals surface area contributed by atoms with Crippen LogP contribution in [0.1, 0.15) is 54.4 Å². The standard InChI is InChI=1S/C28H28N6O3S.C2H6/c29-24(23-27(34-12-14-36-15-13-34)38-26(33-23)18-10-11-18)37-28(30)32-22-16-20(17-6-2-1-3-7-17)19-8-4-5-9-21(19)31-25(22)35;1-2/h1-9,16,18,22,29H,10-15H2,(H2,30,32)(H,31,35);1-2H3. The van der Waals surface area contributed by atoms with Crippen LogP contribution in [0, 0.1) is 5.41 Å². The van der Waals surface area contributed by atoms with Gasteiger partial charge in [-0.1, -0.05) is 62.4 Å². The molecule has 3 aliphatic rings. The number of aliphatic imine (C=N–C) groups is 1. The number of amides is 1. The molecule has 1 amide bonds. The van der Waals surface area contributed by atoms with E-state index in [1.54, 1.807) is 17.4 Å². The molecule has 9 nitrogen and oxygen atoms in total. The molecule has 3 aromatic rings. The molecule has 10 heteroatoms. The first-order valence-corrected chi connectivity index (χ1v) is 14.5. The molecule has 2 aromatic carbocycles. The normalized spacial score (nSPS) is 18.9. The van der Waals surface area contributed by atoms with Gasteiger partial charge in [0.15, 0.2) is 11.7 Å². The number of nitrogens with one attached hydrogen (secondary N) is 2. The van der Waals surface area contributed by atoms with E-state index in [1.165, 1.54) is 0 Å². The molecular formula is C30H34N6O3S. The van der Waals surface area contributed by atoms with E-state index in [1.807, 2.05) is 68.4 Å². The SMILES string of the molecule is CC.N=C(OC(N)=NC1C=C(c2ccccc2)c2ccccc2NC1=O)c1nc(C2CC2)sc1N1CCOCC1. The van der Waals surface area contributed by atoms with Crippen molar-refractivity contribution in [2.45, 2.75) is 38.6 Å². The monoisotopic (exact) mass is 558 g/mol. The highest BCUT2D eigenvalue weighted by molar-refractivity contribution is 7.16. The van der Waals surface area contributed by atoms with E-state index in [0.717, 1.165) is 52.6 Å². The molecule has 4 N–H and O–H groups in total. The van der Waals surface area contributed by atoms with Gasteiger partial charge in [0.25, 0.3) is 11.9 Å². The summed E-state index contributed by atoms with van der Waals surface area (Å²) in [5.74, 6) is -0.0640. The van der Waals surface area contributed by atoms with Crippen molar-refractivity contribution < 1.29 is 14.3 Å². The highest BCUT2D eigenvalue weighted by atomic mass is 32.1. The third-order valence-corrected chi connectivity index (χ3v) is 7.97. The maximum absolute atomic E-state index is 13.1. The molecule has 1 saturated carbocycles. The molecule has 2 fully saturated rings. The predicted molar refractivity (Wildman–Crippen MR) is 160 cm³/mol. The number of rotatable bonds is 5. The Hall–Kier alpha value is -4.02. The van der Waals surface area contributed by atoms with E-state index in [2.05, 4.69) is 15.2 Å². The van der Waals surface area contributed by atoms with Gasteiger partial charge in [0.05, 0.1) is 18.2 Å². The lowest BCUT2D eigenvalue weighted by Crippen LogP contribution is -2.37. The number of hydrogen-bond donors (Lipinski definition) is 3. The minimum absolute atomic E-state index is 0.180. The third-order valence-electron chi connectivity index (χ3n) is 6.69. The number of nitrogens with two attached hydrogens (primary N) is 1. The van der Waals surface area contributed by atoms with Crippen molar-refractivity contribution in [3.8, 4) is 0 Å². The summed E-state index contributed by atoms with van der Waals surface area (Å²) in [6, 6.07) is 16.2. The zero-order chi connectivity index (χ0) is 28.1. The molecule has 6 rings (SSSR count). The molecule has 1 aromatic heterocycles. The van der Waals surface area contributed by atoms with Crippen LogP contribution in [0.3, 0.4) is 0 Å². The van der Waals surface area contributed by atoms with Crippen LogP contribution < -0.4 is 16.0 Å². The predicted octanol–water partition coefficient (Wildman–Crippen LogP) is 4.99. The molecule has 1 aliphatic carbocycles. The Morgan fingerprint density at radius 1 is 1.12 bits per heavy atom. The number of para-hydroxylation sites is 1. The van der Waals surface area contributed by atoms with Crippen molar-refractivity contribution in [3.63, 3.8) is 0 Å². The number of aromatic nitrogens is 1. The Balaban J connectivity index is 0.00000158. The molecule has 0 radical (unpaired) electrons. The number of anilines is 2. The van der Waals surface area contributed by atoms with Gasteiger partial charge in [-0.15, -0.1) is 11.3 Å². The highest BCUT2D eigenvalue weighted by Gasteiger charge is 2.32. The van der Waals surface area contributed by atoms with Crippen molar-refractivity contribution in [3.05, 3.63) is 82.5 Å². The quantitative estimate of drug-likeness (QED) is 0.299. The zero-order valence-electron chi connectivity index (χ0n) is 22.7. The lowest BCUT2D eigenvalue weighted by atomic mass is 9.96. The molecule has 1 unspecified atom stereocenters. The molecule has 40 heavy (non-hydrogen) atoms. The van der Waals surface area contributed by atoms with E-state index in [4.69, 9.17) is 25.6 Å². The number of amidine groups is 1. The number of ether oxygens (including phenoxy) is 2. The number of thiazole rings is 1. The number of nitrogens with zero attached hydrogens (tertiary/aromatic N) is 3. The van der Waals surface area contributed by atoms with Gasteiger partial charge in [-0.2, -0.15) is 0 Å². The highest BCUT2D eigenvalue weighted by Crippen LogP contribution is 2.45. The van der Waals surface area contributed by atoms with Gasteiger partial charge in [0.2, 0.25) is 5.90 Å². The van der Waals surface area contributed by atoms with Crippen LogP contribution in [0.25, 0.3) is 5.57 Å². The Morgan fingerprint density at radius 2 is 1.82 bits per heavy atom. The maximum atomic E-state index is 13.1. The Bertz CT molecular complexity index is 1420. The van der Waals surface area contributed by atoms with E-state index in [9.17, 15) is 4.79 Å². The van der Waals surface area contributed by atoms with Gasteiger partial charge in [-0.25, -0.2) is 9.98 Å². The first-order valence-electron chi connectivity index (χ1n) is 13.7. The van der Waals surface area contributed by atoms with Crippen molar-refractivity contribution in [1.29, 1.82) is 5.41 Å². The van der Waals surface area contributed by atoms with Crippen LogP contribution in [-0.4, -0.2) is 55.2 Å². The second-order valence-corrected chi connectivity index (χ2v) is 10.4. The summed E-state index contributed by atoms with van der Waals surface area (Å²) in [6.45, 7) is 6.71. The van der Waals surface area contributed by atoms with Crippen LogP contribution >= 0.6 is 11.3 Å². The topological polar surface area (TPSA) is 126 Å². The number of carbonyl (C=O) groups is 1. The molecule has 3 heterocycles. The fourth-order valence-corrected chi connectivity index (χ4v) is 5.88. The van der Waals surface area contributed by atoms with Crippen LogP contribution in [0.2, 0.25) is 0 Å². The van der Waals surface area contributed by atoms with Crippen molar-refractivity contribution >= 4 is 45.4 Å². The fourth-order valence-electron chi connectivity index (χ4n) is 4.60. The second-order valence-electron chi connectivity index (χ2n) is 9.40. The van der Waals surface area contributed by atoms with Crippen LogP contribution in [0.15, 0.2) is 65.7 Å². The first-order chi connectivity index (χ1) is 19.6. The Kier molecular flexibility index (Phi) is 8.57. The summed E-state index contributed by atoms with van der Waals surface area (Å²) in [6.07, 6.45) is 4.01. The van der Waals surface area contributed by atoms with E-state index in [-0.39, 0.29) is 17.8 Å². The summed E-state index contributed by atoms with van der Waals surface area (Å²) in [5.41, 5.74) is 10.0. The molecule has 1 atom stereocenters. The average molecular weight is 559 g/mol. The summed E-state index contributed by atoms with van der Waals surface area (Å²) >= 11 is 1.61. The largest absolute Gasteiger partial charge is 0.405 e. The summed E-state index contributed by atoms with van der Waals surface area (Å²) in [5, 5.41) is 13.5. The number of carbonyl (C=O) groups excluding carboxylic acids is 1. The molecular weight excluding hydrogens is 524 g/mol. The lowest BCUT2D eigenvalue weighted by molar-refractivity contribution is -0.116. The Morgan fingerprint density at radius 3 is 2.55 bits per heavy atom. The van der Waals surface area contributed by atoms with Gasteiger partial charge < -0.3 is 25.4 Å².